The van der Waals surface area contributed by atoms with Gasteiger partial charge in [0.2, 0.25) is 10.0 Å². The number of nitrogens with zero attached hydrogens (tertiary/aromatic N) is 5. The van der Waals surface area contributed by atoms with Crippen molar-refractivity contribution in [2.24, 2.45) is 13.0 Å². The number of aromatic nitrogens is 4. The zero-order chi connectivity index (χ0) is 19.1. The molecule has 1 atom stereocenters. The normalized spacial score (nSPS) is 18.7. The molecule has 1 saturated heterocycles. The van der Waals surface area contributed by atoms with Crippen molar-refractivity contribution in [2.45, 2.75) is 45.2 Å². The van der Waals surface area contributed by atoms with E-state index < -0.39 is 10.0 Å². The maximum atomic E-state index is 13.6. The molecule has 1 aliphatic rings. The average molecular weight is 417 g/mol. The van der Waals surface area contributed by atoms with E-state index in [0.717, 1.165) is 5.82 Å². The van der Waals surface area contributed by atoms with Gasteiger partial charge in [-0.1, -0.05) is 13.8 Å². The number of rotatable bonds is 5. The van der Waals surface area contributed by atoms with Crippen molar-refractivity contribution >= 4 is 22.4 Å². The number of hydrogen-bond acceptors (Lipinski definition) is 5. The van der Waals surface area contributed by atoms with Gasteiger partial charge in [-0.3, -0.25) is 4.68 Å². The van der Waals surface area contributed by atoms with Crippen LogP contribution >= 0.6 is 12.4 Å². The van der Waals surface area contributed by atoms with E-state index in [1.165, 1.54) is 0 Å². The van der Waals surface area contributed by atoms with E-state index in [-0.39, 0.29) is 18.4 Å². The van der Waals surface area contributed by atoms with E-state index in [1.54, 1.807) is 17.4 Å². The zero-order valence-electron chi connectivity index (χ0n) is 16.5. The average Bonchev–Trinajstić information content (AvgIpc) is 3.10. The summed E-state index contributed by atoms with van der Waals surface area (Å²) in [4.78, 5) is 4.71. The number of sulfonamides is 1. The lowest BCUT2D eigenvalue weighted by Gasteiger charge is -2.34. The van der Waals surface area contributed by atoms with Crippen LogP contribution in [0.15, 0.2) is 17.3 Å². The van der Waals surface area contributed by atoms with Crippen LogP contribution in [0.3, 0.4) is 0 Å². The summed E-state index contributed by atoms with van der Waals surface area (Å²) in [6.07, 6.45) is 3.54. The summed E-state index contributed by atoms with van der Waals surface area (Å²) in [6, 6.07) is -0.332. The van der Waals surface area contributed by atoms with Gasteiger partial charge >= 0.3 is 0 Å². The first-order chi connectivity index (χ1) is 12.2. The molecule has 0 radical (unpaired) electrons. The molecule has 3 rings (SSSR count). The summed E-state index contributed by atoms with van der Waals surface area (Å²) in [6.45, 7) is 10.1. The molecule has 0 spiro atoms. The maximum absolute atomic E-state index is 13.6. The maximum Gasteiger partial charge on any atom is 0.247 e. The van der Waals surface area contributed by atoms with Gasteiger partial charge < -0.3 is 9.88 Å². The first-order valence-electron chi connectivity index (χ1n) is 8.97. The van der Waals surface area contributed by atoms with Gasteiger partial charge in [0.15, 0.2) is 0 Å². The molecule has 0 aliphatic carbocycles. The Morgan fingerprint density at radius 1 is 1.33 bits per heavy atom. The third kappa shape index (κ3) is 4.06. The number of hydrogen-bond donors (Lipinski definition) is 1. The van der Waals surface area contributed by atoms with Gasteiger partial charge in [0.25, 0.3) is 0 Å². The van der Waals surface area contributed by atoms with Crippen molar-refractivity contribution < 1.29 is 8.42 Å². The highest BCUT2D eigenvalue weighted by Crippen LogP contribution is 2.31. The van der Waals surface area contributed by atoms with Crippen LogP contribution in [-0.4, -0.2) is 51.7 Å². The fraction of sp³-hybridized carbons (Fsp3) is 0.647. The number of imidazole rings is 1. The Kier molecular flexibility index (Phi) is 6.72. The van der Waals surface area contributed by atoms with E-state index in [4.69, 9.17) is 0 Å². The lowest BCUT2D eigenvalue weighted by Crippen LogP contribution is -2.49. The van der Waals surface area contributed by atoms with Crippen LogP contribution in [0, 0.1) is 19.8 Å². The van der Waals surface area contributed by atoms with Crippen molar-refractivity contribution in [3.8, 4) is 0 Å². The molecule has 1 fully saturated rings. The topological polar surface area (TPSA) is 85.1 Å². The van der Waals surface area contributed by atoms with Crippen molar-refractivity contribution in [3.05, 3.63) is 29.6 Å². The van der Waals surface area contributed by atoms with Gasteiger partial charge in [-0.05, 0) is 19.8 Å². The van der Waals surface area contributed by atoms with Crippen molar-refractivity contribution in [1.82, 2.24) is 29.0 Å². The predicted molar refractivity (Wildman–Crippen MR) is 106 cm³/mol. The van der Waals surface area contributed by atoms with E-state index in [0.29, 0.717) is 48.4 Å². The monoisotopic (exact) mass is 416 g/mol. The van der Waals surface area contributed by atoms with Crippen LogP contribution in [0.4, 0.5) is 0 Å². The summed E-state index contributed by atoms with van der Waals surface area (Å²) >= 11 is 0. The number of piperazine rings is 1. The largest absolute Gasteiger partial charge is 0.337 e. The van der Waals surface area contributed by atoms with Crippen LogP contribution < -0.4 is 5.32 Å². The second-order valence-corrected chi connectivity index (χ2v) is 9.14. The Morgan fingerprint density at radius 3 is 2.63 bits per heavy atom. The van der Waals surface area contributed by atoms with E-state index in [2.05, 4.69) is 29.2 Å². The van der Waals surface area contributed by atoms with Gasteiger partial charge in [-0.25, -0.2) is 13.4 Å². The lowest BCUT2D eigenvalue weighted by atomic mass is 10.2. The Labute approximate surface area is 167 Å². The third-order valence-corrected chi connectivity index (χ3v) is 6.93. The molecule has 8 nitrogen and oxygen atoms in total. The standard InChI is InChI=1S/C17H28N6O2S.ClH/c1-12(2)11-22-14(4)16(13(3)20-22)26(24,25)23-9-6-18-10-15(23)17-19-7-8-21(17)5;/h7-8,12,15,18H,6,9-11H2,1-5H3;1H. The van der Waals surface area contributed by atoms with Crippen LogP contribution in [0.5, 0.6) is 0 Å². The van der Waals surface area contributed by atoms with E-state index in [1.807, 2.05) is 29.4 Å². The SMILES string of the molecule is Cc1nn(CC(C)C)c(C)c1S(=O)(=O)N1CCNCC1c1nccn1C.Cl. The Morgan fingerprint density at radius 2 is 2.04 bits per heavy atom. The summed E-state index contributed by atoms with van der Waals surface area (Å²) in [5.74, 6) is 1.13. The first kappa shape index (κ1) is 21.9. The molecule has 1 unspecified atom stereocenters. The predicted octanol–water partition coefficient (Wildman–Crippen LogP) is 1.65. The highest BCUT2D eigenvalue weighted by atomic mass is 35.5. The van der Waals surface area contributed by atoms with Gasteiger partial charge in [-0.15, -0.1) is 12.4 Å². The smallest absolute Gasteiger partial charge is 0.247 e. The van der Waals surface area contributed by atoms with Crippen LogP contribution in [0.1, 0.15) is 37.1 Å². The van der Waals surface area contributed by atoms with Crippen molar-refractivity contribution in [2.75, 3.05) is 19.6 Å². The van der Waals surface area contributed by atoms with Gasteiger partial charge in [0, 0.05) is 45.6 Å². The quantitative estimate of drug-likeness (QED) is 0.800. The molecule has 2 aromatic heterocycles. The molecule has 1 aliphatic heterocycles. The molecular weight excluding hydrogens is 388 g/mol. The van der Waals surface area contributed by atoms with Crippen LogP contribution in [0.25, 0.3) is 0 Å². The van der Waals surface area contributed by atoms with E-state index >= 15 is 0 Å². The minimum atomic E-state index is -3.67. The Bertz CT molecular complexity index is 889. The minimum Gasteiger partial charge on any atom is -0.337 e. The summed E-state index contributed by atoms with van der Waals surface area (Å²) in [5, 5.41) is 7.78. The van der Waals surface area contributed by atoms with Gasteiger partial charge in [0.05, 0.1) is 17.4 Å². The molecule has 2 aromatic rings. The van der Waals surface area contributed by atoms with Crippen LogP contribution in [-0.2, 0) is 23.6 Å². The molecule has 3 heterocycles. The fourth-order valence-electron chi connectivity index (χ4n) is 3.59. The van der Waals surface area contributed by atoms with Crippen LogP contribution in [0.2, 0.25) is 0 Å². The fourth-order valence-corrected chi connectivity index (χ4v) is 5.55. The molecule has 0 bridgehead atoms. The second kappa shape index (κ2) is 8.30. The molecule has 0 saturated carbocycles. The van der Waals surface area contributed by atoms with Crippen molar-refractivity contribution in [3.63, 3.8) is 0 Å². The summed E-state index contributed by atoms with van der Waals surface area (Å²) in [7, 11) is -1.79. The molecule has 1 N–H and O–H groups in total. The molecule has 152 valence electrons. The Balaban J connectivity index is 0.00000261. The van der Waals surface area contributed by atoms with Crippen molar-refractivity contribution in [1.29, 1.82) is 0 Å². The first-order valence-corrected chi connectivity index (χ1v) is 10.4. The molecule has 0 amide bonds. The summed E-state index contributed by atoms with van der Waals surface area (Å²) in [5.41, 5.74) is 1.26. The third-order valence-electron chi connectivity index (χ3n) is 4.77. The van der Waals surface area contributed by atoms with Gasteiger partial charge in [0.1, 0.15) is 10.7 Å². The van der Waals surface area contributed by atoms with Gasteiger partial charge in [-0.2, -0.15) is 9.40 Å². The number of halogens is 1. The molecule has 27 heavy (non-hydrogen) atoms. The molecular formula is C17H29ClN6O2S. The Hall–Kier alpha value is -1.42. The molecule has 0 aromatic carbocycles. The number of aryl methyl sites for hydroxylation is 2. The van der Waals surface area contributed by atoms with E-state index in [9.17, 15) is 8.42 Å². The minimum absolute atomic E-state index is 0. The molecule has 10 heteroatoms. The zero-order valence-corrected chi connectivity index (χ0v) is 18.1. The highest BCUT2D eigenvalue weighted by Gasteiger charge is 2.39. The number of nitrogens with one attached hydrogen (secondary N) is 1. The highest BCUT2D eigenvalue weighted by molar-refractivity contribution is 7.89. The summed E-state index contributed by atoms with van der Waals surface area (Å²) < 4.78 is 32.4. The lowest BCUT2D eigenvalue weighted by molar-refractivity contribution is 0.258. The second-order valence-electron chi connectivity index (χ2n) is 7.31.